The van der Waals surface area contributed by atoms with E-state index in [9.17, 15) is 14.4 Å². The summed E-state index contributed by atoms with van der Waals surface area (Å²) in [4.78, 5) is 31.5. The zero-order chi connectivity index (χ0) is 11.0. The van der Waals surface area contributed by atoms with Crippen molar-refractivity contribution >= 4 is 18.5 Å². The molecule has 80 valence electrons. The van der Waals surface area contributed by atoms with E-state index in [4.69, 9.17) is 0 Å². The maximum Gasteiger partial charge on any atom is 0.308 e. The van der Waals surface area contributed by atoms with Crippen LogP contribution in [0.3, 0.4) is 0 Å². The minimum absolute atomic E-state index is 0.168. The number of rotatable bonds is 7. The zero-order valence-electron chi connectivity index (χ0n) is 8.56. The molecular weight excluding hydrogens is 184 g/mol. The summed E-state index contributed by atoms with van der Waals surface area (Å²) >= 11 is 0. The van der Waals surface area contributed by atoms with Gasteiger partial charge in [0.05, 0.1) is 18.9 Å². The number of hydrogen-bond donors (Lipinski definition) is 0. The molecule has 0 aromatic carbocycles. The molecule has 0 rings (SSSR count). The lowest BCUT2D eigenvalue weighted by atomic mass is 9.99. The minimum atomic E-state index is -0.528. The van der Waals surface area contributed by atoms with Crippen molar-refractivity contribution in [2.45, 2.75) is 26.2 Å². The molecule has 0 spiro atoms. The molecule has 1 atom stereocenters. The number of hydrogen-bond acceptors (Lipinski definition) is 4. The molecule has 0 aromatic heterocycles. The maximum atomic E-state index is 11.0. The van der Waals surface area contributed by atoms with Crippen molar-refractivity contribution in [2.24, 2.45) is 11.8 Å². The third-order valence-corrected chi connectivity index (χ3v) is 2.13. The van der Waals surface area contributed by atoms with Gasteiger partial charge in [0.25, 0.3) is 0 Å². The summed E-state index contributed by atoms with van der Waals surface area (Å²) in [6, 6.07) is 0. The summed E-state index contributed by atoms with van der Waals surface area (Å²) in [6.45, 7) is 1.77. The topological polar surface area (TPSA) is 60.4 Å². The van der Waals surface area contributed by atoms with Crippen molar-refractivity contribution in [3.8, 4) is 0 Å². The van der Waals surface area contributed by atoms with Crippen LogP contribution < -0.4 is 0 Å². The molecular formula is C10H16O4. The molecule has 0 aromatic rings. The van der Waals surface area contributed by atoms with Gasteiger partial charge in [-0.1, -0.05) is 13.3 Å². The van der Waals surface area contributed by atoms with Crippen molar-refractivity contribution in [3.05, 3.63) is 0 Å². The summed E-state index contributed by atoms with van der Waals surface area (Å²) in [5.41, 5.74) is 0. The van der Waals surface area contributed by atoms with E-state index in [0.29, 0.717) is 31.8 Å². The molecule has 0 saturated heterocycles. The van der Waals surface area contributed by atoms with Crippen molar-refractivity contribution in [1.29, 1.82) is 0 Å². The van der Waals surface area contributed by atoms with Crippen molar-refractivity contribution in [2.75, 3.05) is 7.11 Å². The Bertz CT molecular complexity index is 192. The van der Waals surface area contributed by atoms with Crippen LogP contribution in [0.25, 0.3) is 0 Å². The summed E-state index contributed by atoms with van der Waals surface area (Å²) in [5.74, 6) is -0.947. The molecule has 0 aliphatic heterocycles. The van der Waals surface area contributed by atoms with Crippen LogP contribution in [-0.2, 0) is 19.1 Å². The maximum absolute atomic E-state index is 11.0. The number of carbonyl (C=O) groups excluding carboxylic acids is 3. The molecule has 0 radical (unpaired) electrons. The second kappa shape index (κ2) is 7.24. The Morgan fingerprint density at radius 2 is 1.86 bits per heavy atom. The normalized spacial score (nSPS) is 12.2. The molecule has 0 fully saturated rings. The SMILES string of the molecule is COC(=O)C(C)CCCC(C=O)C=O. The second-order valence-electron chi connectivity index (χ2n) is 3.29. The molecule has 0 aliphatic carbocycles. The highest BCUT2D eigenvalue weighted by molar-refractivity contribution is 5.77. The molecule has 0 aliphatic rings. The largest absolute Gasteiger partial charge is 0.469 e. The van der Waals surface area contributed by atoms with Crippen LogP contribution in [0.15, 0.2) is 0 Å². The average molecular weight is 200 g/mol. The lowest BCUT2D eigenvalue weighted by Crippen LogP contribution is -2.13. The fourth-order valence-electron chi connectivity index (χ4n) is 1.15. The van der Waals surface area contributed by atoms with Gasteiger partial charge in [-0.15, -0.1) is 0 Å². The summed E-state index contributed by atoms with van der Waals surface area (Å²) < 4.78 is 4.54. The van der Waals surface area contributed by atoms with Gasteiger partial charge in [-0.2, -0.15) is 0 Å². The first-order chi connectivity index (χ1) is 6.65. The predicted molar refractivity (Wildman–Crippen MR) is 50.6 cm³/mol. The quantitative estimate of drug-likeness (QED) is 0.349. The minimum Gasteiger partial charge on any atom is -0.469 e. The van der Waals surface area contributed by atoms with Crippen LogP contribution in [0.4, 0.5) is 0 Å². The highest BCUT2D eigenvalue weighted by Gasteiger charge is 2.13. The van der Waals surface area contributed by atoms with E-state index < -0.39 is 5.92 Å². The number of ether oxygens (including phenoxy) is 1. The van der Waals surface area contributed by atoms with Crippen LogP contribution in [0.1, 0.15) is 26.2 Å². The molecule has 0 bridgehead atoms. The summed E-state index contributed by atoms with van der Waals surface area (Å²) in [7, 11) is 1.35. The first-order valence-electron chi connectivity index (χ1n) is 4.64. The molecule has 4 heteroatoms. The van der Waals surface area contributed by atoms with E-state index in [0.717, 1.165) is 0 Å². The second-order valence-corrected chi connectivity index (χ2v) is 3.29. The Hall–Kier alpha value is -1.19. The summed E-state index contributed by atoms with van der Waals surface area (Å²) in [5, 5.41) is 0. The van der Waals surface area contributed by atoms with Gasteiger partial charge in [-0.3, -0.25) is 4.79 Å². The summed E-state index contributed by atoms with van der Waals surface area (Å²) in [6.07, 6.45) is 3.10. The van der Waals surface area contributed by atoms with Gasteiger partial charge < -0.3 is 14.3 Å². The highest BCUT2D eigenvalue weighted by atomic mass is 16.5. The Morgan fingerprint density at radius 3 is 2.29 bits per heavy atom. The van der Waals surface area contributed by atoms with Gasteiger partial charge in [0.2, 0.25) is 0 Å². The van der Waals surface area contributed by atoms with Crippen LogP contribution in [-0.4, -0.2) is 25.7 Å². The van der Waals surface area contributed by atoms with Gasteiger partial charge in [-0.25, -0.2) is 0 Å². The van der Waals surface area contributed by atoms with E-state index in [-0.39, 0.29) is 11.9 Å². The smallest absolute Gasteiger partial charge is 0.308 e. The zero-order valence-corrected chi connectivity index (χ0v) is 8.56. The highest BCUT2D eigenvalue weighted by Crippen LogP contribution is 2.12. The van der Waals surface area contributed by atoms with E-state index >= 15 is 0 Å². The Kier molecular flexibility index (Phi) is 6.62. The lowest BCUT2D eigenvalue weighted by molar-refractivity contribution is -0.145. The first-order valence-corrected chi connectivity index (χ1v) is 4.64. The lowest BCUT2D eigenvalue weighted by Gasteiger charge is -2.08. The molecule has 0 N–H and O–H groups in total. The molecule has 0 saturated carbocycles. The van der Waals surface area contributed by atoms with E-state index in [1.165, 1.54) is 7.11 Å². The van der Waals surface area contributed by atoms with Gasteiger partial charge in [0.15, 0.2) is 0 Å². The fourth-order valence-corrected chi connectivity index (χ4v) is 1.15. The van der Waals surface area contributed by atoms with Crippen LogP contribution in [0.2, 0.25) is 0 Å². The Balaban J connectivity index is 3.67. The Labute approximate surface area is 83.6 Å². The molecule has 0 heterocycles. The monoisotopic (exact) mass is 200 g/mol. The number of methoxy groups -OCH3 is 1. The number of carbonyl (C=O) groups is 3. The first kappa shape index (κ1) is 12.8. The van der Waals surface area contributed by atoms with E-state index in [1.807, 2.05) is 0 Å². The predicted octanol–water partition coefficient (Wildman–Crippen LogP) is 0.980. The molecule has 1 unspecified atom stereocenters. The van der Waals surface area contributed by atoms with E-state index in [1.54, 1.807) is 6.92 Å². The fraction of sp³-hybridized carbons (Fsp3) is 0.700. The van der Waals surface area contributed by atoms with Gasteiger partial charge in [0, 0.05) is 0 Å². The molecule has 0 amide bonds. The number of aldehydes is 2. The van der Waals surface area contributed by atoms with Crippen LogP contribution >= 0.6 is 0 Å². The standard InChI is InChI=1S/C10H16O4/c1-8(10(13)14-2)4-3-5-9(6-11)7-12/h6-9H,3-5H2,1-2H3. The van der Waals surface area contributed by atoms with E-state index in [2.05, 4.69) is 4.74 Å². The third kappa shape index (κ3) is 4.74. The van der Waals surface area contributed by atoms with Crippen molar-refractivity contribution in [3.63, 3.8) is 0 Å². The van der Waals surface area contributed by atoms with Crippen molar-refractivity contribution in [1.82, 2.24) is 0 Å². The van der Waals surface area contributed by atoms with Crippen molar-refractivity contribution < 1.29 is 19.1 Å². The Morgan fingerprint density at radius 1 is 1.29 bits per heavy atom. The van der Waals surface area contributed by atoms with Crippen LogP contribution in [0.5, 0.6) is 0 Å². The molecule has 14 heavy (non-hydrogen) atoms. The van der Waals surface area contributed by atoms with Gasteiger partial charge in [-0.05, 0) is 12.8 Å². The molecule has 4 nitrogen and oxygen atoms in total. The number of esters is 1. The van der Waals surface area contributed by atoms with Crippen LogP contribution in [0, 0.1) is 11.8 Å². The average Bonchev–Trinajstić information content (AvgIpc) is 2.22. The van der Waals surface area contributed by atoms with Gasteiger partial charge in [0.1, 0.15) is 12.6 Å². The third-order valence-electron chi connectivity index (χ3n) is 2.13. The van der Waals surface area contributed by atoms with Gasteiger partial charge >= 0.3 is 5.97 Å².